The summed E-state index contributed by atoms with van der Waals surface area (Å²) in [6.45, 7) is 3.22. The second kappa shape index (κ2) is 6.21. The molecule has 0 radical (unpaired) electrons. The zero-order valence-corrected chi connectivity index (χ0v) is 11.5. The molecule has 2 aliphatic rings. The van der Waals surface area contributed by atoms with Gasteiger partial charge in [0, 0.05) is 19.7 Å². The topological polar surface area (TPSA) is 95.9 Å². The number of nitrogens with one attached hydrogen (secondary N) is 1. The van der Waals surface area contributed by atoms with E-state index in [1.54, 1.807) is 0 Å². The van der Waals surface area contributed by atoms with Gasteiger partial charge in [0.2, 0.25) is 11.8 Å². The van der Waals surface area contributed by atoms with Crippen molar-refractivity contribution in [3.63, 3.8) is 0 Å². The molecule has 0 aromatic heterocycles. The molecule has 0 aromatic rings. The Balaban J connectivity index is 2.12. The van der Waals surface area contributed by atoms with Gasteiger partial charge in [-0.3, -0.25) is 14.4 Å². The summed E-state index contributed by atoms with van der Waals surface area (Å²) in [4.78, 5) is 36.7. The fraction of sp³-hybridized carbons (Fsp3) is 0.769. The molecule has 2 amide bonds. The van der Waals surface area contributed by atoms with Crippen LogP contribution in [0.4, 0.5) is 0 Å². The van der Waals surface area contributed by atoms with E-state index < -0.39 is 12.0 Å². The van der Waals surface area contributed by atoms with E-state index in [1.165, 1.54) is 4.90 Å². The lowest BCUT2D eigenvalue weighted by Gasteiger charge is -2.36. The number of carboxylic acids is 1. The first-order valence-corrected chi connectivity index (χ1v) is 6.96. The summed E-state index contributed by atoms with van der Waals surface area (Å²) in [7, 11) is 0. The predicted octanol–water partition coefficient (Wildman–Crippen LogP) is -0.397. The highest BCUT2D eigenvalue weighted by atomic mass is 16.5. The average Bonchev–Trinajstić information content (AvgIpc) is 2.88. The summed E-state index contributed by atoms with van der Waals surface area (Å²) < 4.78 is 5.51. The third kappa shape index (κ3) is 2.92. The van der Waals surface area contributed by atoms with Gasteiger partial charge in [-0.1, -0.05) is 6.92 Å². The Morgan fingerprint density at radius 1 is 1.50 bits per heavy atom. The Labute approximate surface area is 117 Å². The molecule has 2 heterocycles. The third-order valence-electron chi connectivity index (χ3n) is 3.91. The van der Waals surface area contributed by atoms with Crippen LogP contribution in [-0.4, -0.2) is 59.6 Å². The van der Waals surface area contributed by atoms with E-state index in [0.29, 0.717) is 26.1 Å². The first-order chi connectivity index (χ1) is 9.54. The van der Waals surface area contributed by atoms with Crippen molar-refractivity contribution in [3.05, 3.63) is 0 Å². The Morgan fingerprint density at radius 2 is 2.25 bits per heavy atom. The van der Waals surface area contributed by atoms with E-state index in [9.17, 15) is 14.4 Å². The normalized spacial score (nSPS) is 30.1. The number of hydrogen-bond acceptors (Lipinski definition) is 4. The van der Waals surface area contributed by atoms with Crippen molar-refractivity contribution in [1.29, 1.82) is 0 Å². The maximum absolute atomic E-state index is 12.6. The minimum atomic E-state index is -1.08. The summed E-state index contributed by atoms with van der Waals surface area (Å²) in [6, 6.07) is -0.910. The predicted molar refractivity (Wildman–Crippen MR) is 68.9 cm³/mol. The highest BCUT2D eigenvalue weighted by molar-refractivity contribution is 5.92. The fourth-order valence-electron chi connectivity index (χ4n) is 2.89. The van der Waals surface area contributed by atoms with Crippen molar-refractivity contribution >= 4 is 17.8 Å². The molecular formula is C13H20N2O5. The number of piperazine rings is 1. The van der Waals surface area contributed by atoms with Gasteiger partial charge in [-0.2, -0.15) is 0 Å². The van der Waals surface area contributed by atoms with E-state index >= 15 is 0 Å². The zero-order valence-electron chi connectivity index (χ0n) is 11.5. The first-order valence-electron chi connectivity index (χ1n) is 6.96. The largest absolute Gasteiger partial charge is 0.481 e. The molecule has 20 heavy (non-hydrogen) atoms. The van der Waals surface area contributed by atoms with Crippen molar-refractivity contribution in [3.8, 4) is 0 Å². The first kappa shape index (κ1) is 14.8. The molecule has 0 spiro atoms. The van der Waals surface area contributed by atoms with Gasteiger partial charge in [-0.25, -0.2) is 0 Å². The maximum atomic E-state index is 12.6. The number of carboxylic acid groups (broad SMARTS) is 1. The second-order valence-corrected chi connectivity index (χ2v) is 5.15. The Kier molecular flexibility index (Phi) is 4.59. The molecule has 2 rings (SSSR count). The number of hydrogen-bond donors (Lipinski definition) is 2. The third-order valence-corrected chi connectivity index (χ3v) is 3.91. The standard InChI is InChI=1S/C13H20N2O5/c1-2-10-8(3-6-20-10)13(19)15-5-4-14-12(18)9(15)7-11(16)17/h8-10H,2-7H2,1H3,(H,14,18)(H,16,17). The summed E-state index contributed by atoms with van der Waals surface area (Å²) in [6.07, 6.45) is 0.884. The average molecular weight is 284 g/mol. The number of nitrogens with zero attached hydrogens (tertiary/aromatic N) is 1. The van der Waals surface area contributed by atoms with Gasteiger partial charge in [-0.05, 0) is 12.8 Å². The molecule has 7 nitrogen and oxygen atoms in total. The number of rotatable bonds is 4. The van der Waals surface area contributed by atoms with Crippen LogP contribution in [0.1, 0.15) is 26.2 Å². The lowest BCUT2D eigenvalue weighted by Crippen LogP contribution is -2.59. The maximum Gasteiger partial charge on any atom is 0.305 e. The van der Waals surface area contributed by atoms with Gasteiger partial charge in [0.1, 0.15) is 6.04 Å². The summed E-state index contributed by atoms with van der Waals surface area (Å²) in [5, 5.41) is 11.5. The van der Waals surface area contributed by atoms with Gasteiger partial charge < -0.3 is 20.1 Å². The Morgan fingerprint density at radius 3 is 2.90 bits per heavy atom. The molecule has 0 saturated carbocycles. The molecule has 0 aliphatic carbocycles. The lowest BCUT2D eigenvalue weighted by atomic mass is 9.96. The Hall–Kier alpha value is -1.63. The van der Waals surface area contributed by atoms with E-state index in [2.05, 4.69) is 5.32 Å². The molecule has 2 fully saturated rings. The summed E-state index contributed by atoms with van der Waals surface area (Å²) in [5.74, 6) is -1.89. The molecule has 2 N–H and O–H groups in total. The highest BCUT2D eigenvalue weighted by Crippen LogP contribution is 2.27. The molecule has 3 unspecified atom stereocenters. The number of carbonyl (C=O) groups is 3. The minimum absolute atomic E-state index is 0.127. The molecule has 3 atom stereocenters. The smallest absolute Gasteiger partial charge is 0.305 e. The number of aliphatic carboxylic acids is 1. The van der Waals surface area contributed by atoms with Crippen LogP contribution in [0.2, 0.25) is 0 Å². The summed E-state index contributed by atoms with van der Waals surface area (Å²) >= 11 is 0. The molecule has 112 valence electrons. The van der Waals surface area contributed by atoms with Gasteiger partial charge in [-0.15, -0.1) is 0 Å². The fourth-order valence-corrected chi connectivity index (χ4v) is 2.89. The van der Waals surface area contributed by atoms with E-state index in [0.717, 1.165) is 6.42 Å². The van der Waals surface area contributed by atoms with Crippen LogP contribution in [0.15, 0.2) is 0 Å². The number of ether oxygens (including phenoxy) is 1. The van der Waals surface area contributed by atoms with Crippen molar-refractivity contribution in [1.82, 2.24) is 10.2 Å². The van der Waals surface area contributed by atoms with Gasteiger partial charge in [0.15, 0.2) is 0 Å². The molecule has 2 saturated heterocycles. The molecular weight excluding hydrogens is 264 g/mol. The van der Waals surface area contributed by atoms with Gasteiger partial charge >= 0.3 is 5.97 Å². The molecule has 7 heteroatoms. The van der Waals surface area contributed by atoms with Crippen LogP contribution in [-0.2, 0) is 19.1 Å². The molecule has 0 aromatic carbocycles. The number of carbonyl (C=O) groups excluding carboxylic acids is 2. The van der Waals surface area contributed by atoms with E-state index in [-0.39, 0.29) is 30.3 Å². The molecule has 2 aliphatic heterocycles. The van der Waals surface area contributed by atoms with Crippen LogP contribution in [0.25, 0.3) is 0 Å². The van der Waals surface area contributed by atoms with Crippen molar-refractivity contribution in [2.45, 2.75) is 38.3 Å². The van der Waals surface area contributed by atoms with Crippen LogP contribution in [0.3, 0.4) is 0 Å². The van der Waals surface area contributed by atoms with E-state index in [1.807, 2.05) is 6.92 Å². The van der Waals surface area contributed by atoms with Gasteiger partial charge in [0.05, 0.1) is 18.4 Å². The lowest BCUT2D eigenvalue weighted by molar-refractivity contribution is -0.151. The Bertz CT molecular complexity index is 412. The minimum Gasteiger partial charge on any atom is -0.481 e. The quantitative estimate of drug-likeness (QED) is 0.732. The van der Waals surface area contributed by atoms with Crippen molar-refractivity contribution in [2.75, 3.05) is 19.7 Å². The van der Waals surface area contributed by atoms with Crippen LogP contribution in [0.5, 0.6) is 0 Å². The van der Waals surface area contributed by atoms with Gasteiger partial charge in [0.25, 0.3) is 0 Å². The monoisotopic (exact) mass is 284 g/mol. The van der Waals surface area contributed by atoms with Crippen LogP contribution in [0, 0.1) is 5.92 Å². The van der Waals surface area contributed by atoms with Crippen molar-refractivity contribution in [2.24, 2.45) is 5.92 Å². The second-order valence-electron chi connectivity index (χ2n) is 5.15. The van der Waals surface area contributed by atoms with Crippen molar-refractivity contribution < 1.29 is 24.2 Å². The summed E-state index contributed by atoms with van der Waals surface area (Å²) in [5.41, 5.74) is 0. The highest BCUT2D eigenvalue weighted by Gasteiger charge is 2.41. The van der Waals surface area contributed by atoms with Crippen LogP contribution >= 0.6 is 0 Å². The molecule has 0 bridgehead atoms. The zero-order chi connectivity index (χ0) is 14.7. The van der Waals surface area contributed by atoms with E-state index in [4.69, 9.17) is 9.84 Å². The van der Waals surface area contributed by atoms with Crippen LogP contribution < -0.4 is 5.32 Å². The number of amides is 2. The SMILES string of the molecule is CCC1OCCC1C(=O)N1CCNC(=O)C1CC(=O)O.